The Bertz CT molecular complexity index is 1330. The summed E-state index contributed by atoms with van der Waals surface area (Å²) in [6, 6.07) is 9.97. The minimum Gasteiger partial charge on any atom is -0.355 e. The van der Waals surface area contributed by atoms with Gasteiger partial charge in [0.25, 0.3) is 11.6 Å². The first-order valence-electron chi connectivity index (χ1n) is 14.2. The van der Waals surface area contributed by atoms with E-state index in [1.54, 1.807) is 0 Å². The number of unbranched alkanes of at least 4 members (excludes halogenated alkanes) is 1. The summed E-state index contributed by atoms with van der Waals surface area (Å²) >= 11 is 3.00. The van der Waals surface area contributed by atoms with Crippen molar-refractivity contribution in [2.75, 3.05) is 39.0 Å². The second-order valence-corrected chi connectivity index (χ2v) is 13.3. The van der Waals surface area contributed by atoms with E-state index in [1.165, 1.54) is 42.5 Å². The third-order valence-electron chi connectivity index (χ3n) is 7.54. The number of urea groups is 1. The second-order valence-electron chi connectivity index (χ2n) is 11.0. The number of thioether (sulfide) groups is 1. The number of amides is 4. The third kappa shape index (κ3) is 9.07. The first-order valence-corrected chi connectivity index (χ1v) is 16.1. The lowest BCUT2D eigenvalue weighted by molar-refractivity contribution is -0.387. The number of nitrogens with zero attached hydrogens (tertiary/aromatic N) is 2. The summed E-state index contributed by atoms with van der Waals surface area (Å²) in [6.45, 7) is 4.03. The first kappa shape index (κ1) is 32.6. The number of benzene rings is 2. The Morgan fingerprint density at radius 3 is 2.60 bits per heavy atom. The highest BCUT2D eigenvalue weighted by atomic mass is 32.2. The Labute approximate surface area is 258 Å². The van der Waals surface area contributed by atoms with E-state index in [0.717, 1.165) is 36.8 Å². The van der Waals surface area contributed by atoms with Crippen molar-refractivity contribution in [2.45, 2.75) is 59.2 Å². The zero-order valence-corrected chi connectivity index (χ0v) is 25.8. The van der Waals surface area contributed by atoms with Crippen molar-refractivity contribution in [3.63, 3.8) is 0 Å². The van der Waals surface area contributed by atoms with Crippen molar-refractivity contribution in [1.29, 1.82) is 0 Å². The molecule has 232 valence electrons. The molecule has 0 bridgehead atoms. The van der Waals surface area contributed by atoms with Gasteiger partial charge in [-0.25, -0.2) is 9.18 Å². The van der Waals surface area contributed by atoms with Gasteiger partial charge in [-0.1, -0.05) is 18.2 Å². The van der Waals surface area contributed by atoms with Crippen LogP contribution >= 0.6 is 23.5 Å². The van der Waals surface area contributed by atoms with Crippen molar-refractivity contribution in [3.05, 3.63) is 64.0 Å². The number of halogens is 1. The molecule has 2 fully saturated rings. The normalized spacial score (nSPS) is 20.8. The number of carbonyl (C=O) groups excluding carboxylic acids is 3. The van der Waals surface area contributed by atoms with Gasteiger partial charge < -0.3 is 26.2 Å². The number of nitrogens with one attached hydrogen (secondary N) is 4. The van der Waals surface area contributed by atoms with Crippen LogP contribution in [-0.2, 0) is 4.79 Å². The molecule has 0 aromatic heterocycles. The molecule has 0 unspecified atom stereocenters. The largest absolute Gasteiger partial charge is 0.355 e. The van der Waals surface area contributed by atoms with Crippen molar-refractivity contribution < 1.29 is 23.7 Å². The van der Waals surface area contributed by atoms with E-state index in [1.807, 2.05) is 23.7 Å². The molecule has 3 atom stereocenters. The topological polar surface area (TPSA) is 146 Å². The van der Waals surface area contributed by atoms with E-state index in [-0.39, 0.29) is 34.8 Å². The van der Waals surface area contributed by atoms with Crippen LogP contribution in [0.1, 0.15) is 43.0 Å². The zero-order chi connectivity index (χ0) is 31.0. The van der Waals surface area contributed by atoms with Crippen LogP contribution in [-0.4, -0.2) is 83.5 Å². The molecule has 2 aromatic carbocycles. The summed E-state index contributed by atoms with van der Waals surface area (Å²) in [4.78, 5) is 50.6. The average Bonchev–Trinajstić information content (AvgIpc) is 3.43. The van der Waals surface area contributed by atoms with Gasteiger partial charge >= 0.3 is 6.03 Å². The molecule has 4 amide bonds. The molecule has 0 saturated carbocycles. The van der Waals surface area contributed by atoms with Crippen molar-refractivity contribution in [2.24, 2.45) is 0 Å². The predicted octanol–water partition coefficient (Wildman–Crippen LogP) is 3.78. The van der Waals surface area contributed by atoms with Crippen molar-refractivity contribution >= 4 is 47.1 Å². The van der Waals surface area contributed by atoms with Gasteiger partial charge in [-0.05, 0) is 63.2 Å². The molecule has 11 nitrogen and oxygen atoms in total. The number of carbonyl (C=O) groups is 3. The molecular formula is C29H37FN6O5S2. The molecule has 2 aliphatic rings. The molecule has 2 aliphatic heterocycles. The van der Waals surface area contributed by atoms with Gasteiger partial charge in [0.15, 0.2) is 0 Å². The molecule has 2 aromatic rings. The molecule has 2 heterocycles. The van der Waals surface area contributed by atoms with E-state index in [0.29, 0.717) is 47.6 Å². The predicted molar refractivity (Wildman–Crippen MR) is 165 cm³/mol. The van der Waals surface area contributed by atoms with E-state index in [2.05, 4.69) is 28.2 Å². The summed E-state index contributed by atoms with van der Waals surface area (Å²) < 4.78 is 13.2. The molecule has 0 spiro atoms. The maximum absolute atomic E-state index is 13.2. The number of fused-ring (bicyclic) bond motifs is 1. The van der Waals surface area contributed by atoms with Crippen molar-refractivity contribution in [1.82, 2.24) is 26.2 Å². The first-order chi connectivity index (χ1) is 20.5. The quantitative estimate of drug-likeness (QED) is 0.101. The number of hydrogen-bond acceptors (Lipinski definition) is 8. The number of nitro benzene ring substituents is 1. The Balaban J connectivity index is 1.10. The molecule has 14 heteroatoms. The van der Waals surface area contributed by atoms with Crippen molar-refractivity contribution in [3.8, 4) is 0 Å². The fourth-order valence-electron chi connectivity index (χ4n) is 5.13. The third-order valence-corrected chi connectivity index (χ3v) is 10.3. The number of likely N-dealkylation sites (N-methyl/N-ethyl adjacent to an activating group) is 1. The second kappa shape index (κ2) is 14.9. The average molecular weight is 633 g/mol. The highest BCUT2D eigenvalue weighted by Crippen LogP contribution is 2.39. The Hall–Kier alpha value is -3.36. The molecule has 0 aliphatic carbocycles. The standard InChI is InChI=1S/C29H37FN6O5S2/c1-29-18-42-24(26(29)33-28(39)34-29)5-3-4-6-25(37)31-13-15-35(2)16-14-32-27(38)19-7-12-23(22(17-19)36(40)41)43-21-10-8-20(30)9-11-21/h7-12,17,24,26H,3-6,13-16,18H2,1-2H3,(H,31,37)(H,32,38)(H2,33,34,39)/t24-,26+,29-/m0/s1. The monoisotopic (exact) mass is 632 g/mol. The van der Waals surface area contributed by atoms with Crippen LogP contribution in [0.5, 0.6) is 0 Å². The lowest BCUT2D eigenvalue weighted by Crippen LogP contribution is -2.47. The Morgan fingerprint density at radius 2 is 1.88 bits per heavy atom. The maximum atomic E-state index is 13.2. The highest BCUT2D eigenvalue weighted by molar-refractivity contribution is 8.00. The van der Waals surface area contributed by atoms with Gasteiger partial charge in [0.2, 0.25) is 5.91 Å². The zero-order valence-electron chi connectivity index (χ0n) is 24.2. The van der Waals surface area contributed by atoms with Gasteiger partial charge in [-0.3, -0.25) is 19.7 Å². The SMILES string of the molecule is CN(CCNC(=O)CCCC[C@@H]1SC[C@]2(C)NC(=O)N[C@H]12)CCNC(=O)c1ccc(Sc2ccc(F)cc2)c([N+](=O)[O-])c1. The maximum Gasteiger partial charge on any atom is 0.315 e. The molecular weight excluding hydrogens is 595 g/mol. The van der Waals surface area contributed by atoms with Crippen LogP contribution in [0.4, 0.5) is 14.9 Å². The summed E-state index contributed by atoms with van der Waals surface area (Å²) in [5.41, 5.74) is -0.206. The minimum absolute atomic E-state index is 0.00378. The number of nitro groups is 1. The molecule has 4 rings (SSSR count). The van der Waals surface area contributed by atoms with Gasteiger partial charge in [0, 0.05) is 60.1 Å². The Kier molecular flexibility index (Phi) is 11.3. The summed E-state index contributed by atoms with van der Waals surface area (Å²) in [5.74, 6) is 0.0859. The smallest absolute Gasteiger partial charge is 0.315 e. The van der Waals surface area contributed by atoms with Crippen LogP contribution in [0.25, 0.3) is 0 Å². The fourth-order valence-corrected chi connectivity index (χ4v) is 7.73. The summed E-state index contributed by atoms with van der Waals surface area (Å²) in [5, 5.41) is 23.7. The molecule has 4 N–H and O–H groups in total. The lowest BCUT2D eigenvalue weighted by atomic mass is 9.92. The van der Waals surface area contributed by atoms with Crippen LogP contribution < -0.4 is 21.3 Å². The van der Waals surface area contributed by atoms with E-state index in [9.17, 15) is 28.9 Å². The Morgan fingerprint density at radius 1 is 1.16 bits per heavy atom. The lowest BCUT2D eigenvalue weighted by Gasteiger charge is -2.23. The van der Waals surface area contributed by atoms with Gasteiger partial charge in [0.05, 0.1) is 21.4 Å². The number of rotatable bonds is 15. The van der Waals surface area contributed by atoms with Crippen LogP contribution in [0.3, 0.4) is 0 Å². The van der Waals surface area contributed by atoms with Crippen LogP contribution in [0.2, 0.25) is 0 Å². The van der Waals surface area contributed by atoms with E-state index in [4.69, 9.17) is 0 Å². The molecule has 2 saturated heterocycles. The van der Waals surface area contributed by atoms with Gasteiger partial charge in [-0.15, -0.1) is 0 Å². The van der Waals surface area contributed by atoms with E-state index >= 15 is 0 Å². The molecule has 43 heavy (non-hydrogen) atoms. The van der Waals surface area contributed by atoms with E-state index < -0.39 is 16.6 Å². The fraction of sp³-hybridized carbons (Fsp3) is 0.483. The van der Waals surface area contributed by atoms with Crippen LogP contribution in [0.15, 0.2) is 52.3 Å². The minimum atomic E-state index is -0.539. The van der Waals surface area contributed by atoms with Gasteiger partial charge in [-0.2, -0.15) is 11.8 Å². The highest BCUT2D eigenvalue weighted by Gasteiger charge is 2.51. The van der Waals surface area contributed by atoms with Gasteiger partial charge in [0.1, 0.15) is 5.82 Å². The summed E-state index contributed by atoms with van der Waals surface area (Å²) in [7, 11) is 1.88. The van der Waals surface area contributed by atoms with Crippen LogP contribution in [0, 0.1) is 15.9 Å². The molecule has 0 radical (unpaired) electrons. The number of hydrogen-bond donors (Lipinski definition) is 4. The summed E-state index contributed by atoms with van der Waals surface area (Å²) in [6.07, 6.45) is 3.13.